The second-order valence-corrected chi connectivity index (χ2v) is 6.33. The predicted molar refractivity (Wildman–Crippen MR) is 107 cm³/mol. The van der Waals surface area contributed by atoms with E-state index in [2.05, 4.69) is 10.6 Å². The number of hydrogen-bond acceptors (Lipinski definition) is 5. The molecular formula is C21H25N3O5. The molecule has 154 valence electrons. The van der Waals surface area contributed by atoms with Crippen molar-refractivity contribution in [2.75, 3.05) is 7.11 Å². The SMILES string of the molecule is COc1cccc(CNC(=O)C(CCC(N)=O)NC(=O)OCc2ccccc2)c1. The lowest BCUT2D eigenvalue weighted by atomic mass is 10.1. The molecule has 1 unspecified atom stereocenters. The lowest BCUT2D eigenvalue weighted by Gasteiger charge is -2.18. The number of nitrogens with one attached hydrogen (secondary N) is 2. The molecule has 0 saturated carbocycles. The number of alkyl carbamates (subject to hydrolysis) is 1. The maximum Gasteiger partial charge on any atom is 0.408 e. The Labute approximate surface area is 169 Å². The molecular weight excluding hydrogens is 374 g/mol. The highest BCUT2D eigenvalue weighted by Gasteiger charge is 2.22. The number of nitrogens with two attached hydrogens (primary N) is 1. The molecule has 0 spiro atoms. The molecule has 2 rings (SSSR count). The first-order valence-corrected chi connectivity index (χ1v) is 9.14. The summed E-state index contributed by atoms with van der Waals surface area (Å²) in [4.78, 5) is 35.7. The van der Waals surface area contributed by atoms with E-state index in [4.69, 9.17) is 15.2 Å². The first kappa shape index (κ1) is 21.7. The lowest BCUT2D eigenvalue weighted by molar-refractivity contribution is -0.123. The van der Waals surface area contributed by atoms with Gasteiger partial charge in [0.25, 0.3) is 0 Å². The van der Waals surface area contributed by atoms with Crippen LogP contribution in [0.4, 0.5) is 4.79 Å². The van der Waals surface area contributed by atoms with Crippen LogP contribution in [0, 0.1) is 0 Å². The zero-order chi connectivity index (χ0) is 21.1. The van der Waals surface area contributed by atoms with E-state index in [1.165, 1.54) is 0 Å². The Morgan fingerprint density at radius 3 is 2.45 bits per heavy atom. The lowest BCUT2D eigenvalue weighted by Crippen LogP contribution is -2.47. The fraction of sp³-hybridized carbons (Fsp3) is 0.286. The summed E-state index contributed by atoms with van der Waals surface area (Å²) in [5.74, 6) is -0.328. The van der Waals surface area contributed by atoms with Crippen molar-refractivity contribution in [3.05, 3.63) is 65.7 Å². The topological polar surface area (TPSA) is 120 Å². The van der Waals surface area contributed by atoms with Gasteiger partial charge < -0.3 is 25.8 Å². The van der Waals surface area contributed by atoms with Gasteiger partial charge in [0, 0.05) is 13.0 Å². The van der Waals surface area contributed by atoms with Gasteiger partial charge in [0.15, 0.2) is 0 Å². The smallest absolute Gasteiger partial charge is 0.408 e. The first-order valence-electron chi connectivity index (χ1n) is 9.14. The Hall–Kier alpha value is -3.55. The van der Waals surface area contributed by atoms with Gasteiger partial charge in [-0.15, -0.1) is 0 Å². The van der Waals surface area contributed by atoms with Crippen LogP contribution in [-0.2, 0) is 27.5 Å². The second kappa shape index (κ2) is 11.3. The van der Waals surface area contributed by atoms with Crippen molar-refractivity contribution in [1.29, 1.82) is 0 Å². The molecule has 3 amide bonds. The molecule has 0 aliphatic heterocycles. The van der Waals surface area contributed by atoms with Gasteiger partial charge in [0.2, 0.25) is 11.8 Å². The number of benzene rings is 2. The molecule has 1 atom stereocenters. The summed E-state index contributed by atoms with van der Waals surface area (Å²) >= 11 is 0. The number of primary amides is 1. The maximum atomic E-state index is 12.5. The minimum Gasteiger partial charge on any atom is -0.497 e. The third-order valence-corrected chi connectivity index (χ3v) is 4.10. The fourth-order valence-corrected chi connectivity index (χ4v) is 2.56. The average molecular weight is 399 g/mol. The standard InChI is InChI=1S/C21H25N3O5/c1-28-17-9-5-8-16(12-17)13-23-20(26)18(10-11-19(22)25)24-21(27)29-14-15-6-3-2-4-7-15/h2-9,12,18H,10-11,13-14H2,1H3,(H2,22,25)(H,23,26)(H,24,27). The predicted octanol–water partition coefficient (Wildman–Crippen LogP) is 1.87. The first-order chi connectivity index (χ1) is 14.0. The van der Waals surface area contributed by atoms with Crippen LogP contribution in [0.5, 0.6) is 5.75 Å². The highest BCUT2D eigenvalue weighted by molar-refractivity contribution is 5.86. The maximum absolute atomic E-state index is 12.5. The Morgan fingerprint density at radius 1 is 1.03 bits per heavy atom. The molecule has 0 aromatic heterocycles. The van der Waals surface area contributed by atoms with Crippen LogP contribution >= 0.6 is 0 Å². The second-order valence-electron chi connectivity index (χ2n) is 6.33. The Kier molecular flexibility index (Phi) is 8.50. The number of rotatable bonds is 10. The molecule has 0 bridgehead atoms. The molecule has 0 fully saturated rings. The largest absolute Gasteiger partial charge is 0.497 e. The number of amides is 3. The normalized spacial score (nSPS) is 11.2. The zero-order valence-electron chi connectivity index (χ0n) is 16.2. The number of hydrogen-bond donors (Lipinski definition) is 3. The van der Waals surface area contributed by atoms with Crippen LogP contribution in [0.1, 0.15) is 24.0 Å². The van der Waals surface area contributed by atoms with Gasteiger partial charge in [-0.25, -0.2) is 4.79 Å². The number of carbonyl (C=O) groups excluding carboxylic acids is 3. The van der Waals surface area contributed by atoms with E-state index < -0.39 is 23.9 Å². The molecule has 8 nitrogen and oxygen atoms in total. The van der Waals surface area contributed by atoms with Crippen molar-refractivity contribution < 1.29 is 23.9 Å². The van der Waals surface area contributed by atoms with Crippen LogP contribution in [0.3, 0.4) is 0 Å². The van der Waals surface area contributed by atoms with Crippen molar-refractivity contribution in [1.82, 2.24) is 10.6 Å². The van der Waals surface area contributed by atoms with Crippen LogP contribution in [0.2, 0.25) is 0 Å². The van der Waals surface area contributed by atoms with Crippen LogP contribution in [-0.4, -0.2) is 31.1 Å². The molecule has 2 aromatic rings. The Balaban J connectivity index is 1.91. The van der Waals surface area contributed by atoms with Crippen molar-refractivity contribution >= 4 is 17.9 Å². The van der Waals surface area contributed by atoms with Gasteiger partial charge in [-0.2, -0.15) is 0 Å². The van der Waals surface area contributed by atoms with Gasteiger partial charge in [-0.05, 0) is 29.7 Å². The molecule has 29 heavy (non-hydrogen) atoms. The van der Waals surface area contributed by atoms with E-state index in [1.807, 2.05) is 42.5 Å². The third kappa shape index (κ3) is 7.92. The Bertz CT molecular complexity index is 826. The van der Waals surface area contributed by atoms with Crippen molar-refractivity contribution in [3.8, 4) is 5.75 Å². The minimum atomic E-state index is -0.948. The summed E-state index contributed by atoms with van der Waals surface area (Å²) < 4.78 is 10.3. The molecule has 2 aromatic carbocycles. The quantitative estimate of drug-likeness (QED) is 0.563. The molecule has 0 saturated heterocycles. The Morgan fingerprint density at radius 2 is 1.76 bits per heavy atom. The molecule has 4 N–H and O–H groups in total. The van der Waals surface area contributed by atoms with Crippen molar-refractivity contribution in [2.45, 2.75) is 32.0 Å². The van der Waals surface area contributed by atoms with Gasteiger partial charge in [-0.3, -0.25) is 9.59 Å². The zero-order valence-corrected chi connectivity index (χ0v) is 16.2. The molecule has 0 heterocycles. The third-order valence-electron chi connectivity index (χ3n) is 4.10. The van der Waals surface area contributed by atoms with Gasteiger partial charge >= 0.3 is 6.09 Å². The highest BCUT2D eigenvalue weighted by atomic mass is 16.5. The minimum absolute atomic E-state index is 0.0454. The van der Waals surface area contributed by atoms with E-state index in [-0.39, 0.29) is 26.0 Å². The van der Waals surface area contributed by atoms with E-state index in [1.54, 1.807) is 19.2 Å². The number of ether oxygens (including phenoxy) is 2. The van der Waals surface area contributed by atoms with Crippen LogP contribution in [0.15, 0.2) is 54.6 Å². The number of methoxy groups -OCH3 is 1. The average Bonchev–Trinajstić information content (AvgIpc) is 2.74. The molecule has 0 aliphatic rings. The van der Waals surface area contributed by atoms with Crippen molar-refractivity contribution in [2.24, 2.45) is 5.73 Å². The van der Waals surface area contributed by atoms with E-state index in [0.29, 0.717) is 5.75 Å². The van der Waals surface area contributed by atoms with Gasteiger partial charge in [-0.1, -0.05) is 42.5 Å². The van der Waals surface area contributed by atoms with Crippen LogP contribution in [0.25, 0.3) is 0 Å². The van der Waals surface area contributed by atoms with E-state index in [0.717, 1.165) is 11.1 Å². The van der Waals surface area contributed by atoms with E-state index in [9.17, 15) is 14.4 Å². The summed E-state index contributed by atoms with van der Waals surface area (Å²) in [7, 11) is 1.56. The molecule has 0 radical (unpaired) electrons. The number of carbonyl (C=O) groups is 3. The van der Waals surface area contributed by atoms with Crippen molar-refractivity contribution in [3.63, 3.8) is 0 Å². The summed E-state index contributed by atoms with van der Waals surface area (Å²) in [6, 6.07) is 15.4. The van der Waals surface area contributed by atoms with Gasteiger partial charge in [0.1, 0.15) is 18.4 Å². The summed E-state index contributed by atoms with van der Waals surface area (Å²) in [6.07, 6.45) is -0.726. The molecule has 0 aliphatic carbocycles. The van der Waals surface area contributed by atoms with Gasteiger partial charge in [0.05, 0.1) is 7.11 Å². The fourth-order valence-electron chi connectivity index (χ4n) is 2.56. The monoisotopic (exact) mass is 399 g/mol. The summed E-state index contributed by atoms with van der Waals surface area (Å²) in [5, 5.41) is 5.23. The highest BCUT2D eigenvalue weighted by Crippen LogP contribution is 2.12. The summed E-state index contributed by atoms with van der Waals surface area (Å²) in [6.45, 7) is 0.310. The molecule has 8 heteroatoms. The van der Waals surface area contributed by atoms with Crippen LogP contribution < -0.4 is 21.1 Å². The summed E-state index contributed by atoms with van der Waals surface area (Å²) in [5.41, 5.74) is 6.82. The van der Waals surface area contributed by atoms with E-state index >= 15 is 0 Å².